The van der Waals surface area contributed by atoms with E-state index in [1.165, 1.54) is 12.4 Å². The zero-order valence-electron chi connectivity index (χ0n) is 27.9. The molecule has 4 aromatic rings. The van der Waals surface area contributed by atoms with Crippen LogP contribution in [0.4, 0.5) is 11.5 Å². The number of carbonyl (C=O) groups is 2. The van der Waals surface area contributed by atoms with Crippen molar-refractivity contribution in [2.45, 2.75) is 71.8 Å². The van der Waals surface area contributed by atoms with Gasteiger partial charge in [-0.3, -0.25) is 24.6 Å². The molecule has 0 atom stereocenters. The van der Waals surface area contributed by atoms with Crippen LogP contribution in [0.5, 0.6) is 11.5 Å². The smallest absolute Gasteiger partial charge is 0.312 e. The van der Waals surface area contributed by atoms with Crippen molar-refractivity contribution in [3.63, 3.8) is 0 Å². The predicted octanol–water partition coefficient (Wildman–Crippen LogP) is 6.09. The van der Waals surface area contributed by atoms with Crippen LogP contribution in [0.15, 0.2) is 54.9 Å². The number of para-hydroxylation sites is 1. The Balaban J connectivity index is 1.19. The molecule has 1 saturated heterocycles. The largest absolute Gasteiger partial charge is 0.450 e. The number of nitrogens with two attached hydrogens (primary N) is 1. The number of benzene rings is 2. The number of hydrogen-bond acceptors (Lipinski definition) is 10. The third-order valence-electron chi connectivity index (χ3n) is 8.37. The fraction of sp³-hybridized carbons (Fsp3) is 0.457. The van der Waals surface area contributed by atoms with Crippen LogP contribution in [0.25, 0.3) is 22.3 Å². The Bertz CT molecular complexity index is 1740. The number of hydrogen-bond donors (Lipinski definition) is 2. The molecule has 2 aromatic heterocycles. The van der Waals surface area contributed by atoms with E-state index in [-0.39, 0.29) is 34.6 Å². The number of nitrogen functional groups attached to an aromatic ring is 1. The van der Waals surface area contributed by atoms with Gasteiger partial charge in [0.15, 0.2) is 5.65 Å². The van der Waals surface area contributed by atoms with Crippen molar-refractivity contribution >= 4 is 34.2 Å². The molecule has 0 saturated carbocycles. The number of amides is 1. The Morgan fingerprint density at radius 3 is 2.52 bits per heavy atom. The average Bonchev–Trinajstić information content (AvgIpc) is 3.44. The van der Waals surface area contributed by atoms with Gasteiger partial charge in [-0.05, 0) is 55.4 Å². The van der Waals surface area contributed by atoms with E-state index in [0.717, 1.165) is 32.1 Å². The van der Waals surface area contributed by atoms with Crippen molar-refractivity contribution in [2.75, 3.05) is 31.9 Å². The molecule has 0 bridgehead atoms. The van der Waals surface area contributed by atoms with Crippen molar-refractivity contribution in [3.8, 4) is 22.8 Å². The van der Waals surface area contributed by atoms with Gasteiger partial charge in [0.25, 0.3) is 0 Å². The highest BCUT2D eigenvalue weighted by molar-refractivity contribution is 5.98. The zero-order valence-corrected chi connectivity index (χ0v) is 27.9. The highest BCUT2D eigenvalue weighted by Gasteiger charge is 2.28. The number of likely N-dealkylation sites (tertiary alicyclic amines) is 1. The summed E-state index contributed by atoms with van der Waals surface area (Å²) < 4.78 is 7.65. The molecule has 3 heterocycles. The van der Waals surface area contributed by atoms with E-state index in [0.29, 0.717) is 72.8 Å². The number of aromatic nitrogens is 4. The second-order valence-corrected chi connectivity index (χ2v) is 13.5. The van der Waals surface area contributed by atoms with Gasteiger partial charge in [0, 0.05) is 44.1 Å². The van der Waals surface area contributed by atoms with Crippen LogP contribution in [-0.4, -0.2) is 67.4 Å². The van der Waals surface area contributed by atoms with Crippen LogP contribution < -0.4 is 15.8 Å². The van der Waals surface area contributed by atoms with Crippen molar-refractivity contribution < 1.29 is 19.2 Å². The number of Topliss-reactive ketones (excluding diaryl/α,β-unsaturated/α-hetero) is 1. The summed E-state index contributed by atoms with van der Waals surface area (Å²) in [4.78, 5) is 47.1. The number of nitrogens with zero attached hydrogens (tertiary/aromatic N) is 6. The molecule has 1 fully saturated rings. The number of nitro benzene ring substituents is 1. The lowest BCUT2D eigenvalue weighted by molar-refractivity contribution is -0.385. The summed E-state index contributed by atoms with van der Waals surface area (Å²) in [5, 5.41) is 20.5. The van der Waals surface area contributed by atoms with E-state index in [1.807, 2.05) is 10.7 Å². The molecule has 1 amide bonds. The highest BCUT2D eigenvalue weighted by Crippen LogP contribution is 2.39. The van der Waals surface area contributed by atoms with Crippen molar-refractivity contribution in [1.82, 2.24) is 30.0 Å². The summed E-state index contributed by atoms with van der Waals surface area (Å²) >= 11 is 0. The van der Waals surface area contributed by atoms with E-state index in [9.17, 15) is 19.7 Å². The summed E-state index contributed by atoms with van der Waals surface area (Å²) in [5.41, 5.74) is 7.65. The molecule has 1 aliphatic rings. The third-order valence-corrected chi connectivity index (χ3v) is 8.37. The number of nitro groups is 1. The first-order chi connectivity index (χ1) is 23.0. The lowest BCUT2D eigenvalue weighted by atomic mass is 9.88. The standard InChI is InChI=1S/C35H44N8O5/c1-35(2,3)21-26(44)10-6-5-9-17-37-30(45)22-41-18-15-25(16-19-41)42-34-31(33(36)38-23-39-34)32(40-42)24-13-14-29(28(20-24)43(46)47)48-27-11-7-4-8-12-27/h4,7-8,11-14,20,23,25H,5-6,9-10,15-19,21-22H2,1-3H3,(H,37,45)(H2,36,38,39). The normalized spacial score (nSPS) is 14.2. The lowest BCUT2D eigenvalue weighted by Crippen LogP contribution is -2.42. The van der Waals surface area contributed by atoms with Gasteiger partial charge < -0.3 is 15.8 Å². The van der Waals surface area contributed by atoms with Crippen LogP contribution in [0.2, 0.25) is 0 Å². The molecule has 13 heteroatoms. The van der Waals surface area contributed by atoms with Gasteiger partial charge in [-0.25, -0.2) is 14.6 Å². The maximum Gasteiger partial charge on any atom is 0.312 e. The number of nitrogens with one attached hydrogen (secondary N) is 1. The van der Waals surface area contributed by atoms with Crippen LogP contribution in [0.1, 0.15) is 71.8 Å². The van der Waals surface area contributed by atoms with E-state index in [4.69, 9.17) is 15.6 Å². The molecule has 2 aromatic carbocycles. The first-order valence-corrected chi connectivity index (χ1v) is 16.5. The number of ketones is 1. The van der Waals surface area contributed by atoms with Crippen LogP contribution in [-0.2, 0) is 9.59 Å². The first-order valence-electron chi connectivity index (χ1n) is 16.5. The summed E-state index contributed by atoms with van der Waals surface area (Å²) in [6, 6.07) is 13.6. The number of rotatable bonds is 14. The van der Waals surface area contributed by atoms with Crippen LogP contribution in [0, 0.1) is 15.5 Å². The maximum absolute atomic E-state index is 12.6. The quantitative estimate of drug-likeness (QED) is 0.0918. The zero-order chi connectivity index (χ0) is 34.3. The Kier molecular flexibility index (Phi) is 11.0. The minimum absolute atomic E-state index is 0.00784. The predicted molar refractivity (Wildman–Crippen MR) is 184 cm³/mol. The molecule has 0 spiro atoms. The molecular formula is C35H44N8O5. The van der Waals surface area contributed by atoms with Crippen molar-refractivity contribution in [1.29, 1.82) is 0 Å². The van der Waals surface area contributed by atoms with Gasteiger partial charge in [0.2, 0.25) is 11.7 Å². The van der Waals surface area contributed by atoms with Gasteiger partial charge >= 0.3 is 5.69 Å². The van der Waals surface area contributed by atoms with Gasteiger partial charge in [-0.2, -0.15) is 5.10 Å². The Hall–Kier alpha value is -4.91. The van der Waals surface area contributed by atoms with Crippen molar-refractivity contribution in [3.05, 3.63) is 65.0 Å². The number of piperidine rings is 1. The van der Waals surface area contributed by atoms with Crippen molar-refractivity contribution in [2.24, 2.45) is 5.41 Å². The van der Waals surface area contributed by atoms with E-state index < -0.39 is 4.92 Å². The molecule has 3 N–H and O–H groups in total. The molecular weight excluding hydrogens is 612 g/mol. The molecule has 254 valence electrons. The maximum atomic E-state index is 12.6. The molecule has 5 rings (SSSR count). The Labute approximate surface area is 280 Å². The molecule has 0 aliphatic carbocycles. The number of carbonyl (C=O) groups excluding carboxylic acids is 2. The number of unbranched alkanes of at least 4 members (excludes halogenated alkanes) is 2. The Morgan fingerprint density at radius 2 is 1.81 bits per heavy atom. The minimum atomic E-state index is -0.482. The third kappa shape index (κ3) is 8.91. The van der Waals surface area contributed by atoms with E-state index in [1.54, 1.807) is 36.4 Å². The fourth-order valence-corrected chi connectivity index (χ4v) is 6.07. The summed E-state index contributed by atoms with van der Waals surface area (Å²) in [6.45, 7) is 8.53. The first kappa shape index (κ1) is 34.4. The number of anilines is 1. The van der Waals surface area contributed by atoms with Gasteiger partial charge in [0.1, 0.15) is 29.4 Å². The fourth-order valence-electron chi connectivity index (χ4n) is 6.07. The molecule has 0 radical (unpaired) electrons. The monoisotopic (exact) mass is 656 g/mol. The minimum Gasteiger partial charge on any atom is -0.450 e. The number of ether oxygens (including phenoxy) is 1. The van der Waals surface area contributed by atoms with E-state index in [2.05, 4.69) is 41.0 Å². The second kappa shape index (κ2) is 15.3. The van der Waals surface area contributed by atoms with Gasteiger partial charge in [-0.1, -0.05) is 45.4 Å². The topological polar surface area (TPSA) is 171 Å². The van der Waals surface area contributed by atoms with Crippen LogP contribution >= 0.6 is 0 Å². The summed E-state index contributed by atoms with van der Waals surface area (Å²) in [7, 11) is 0. The summed E-state index contributed by atoms with van der Waals surface area (Å²) in [6.07, 6.45) is 6.67. The highest BCUT2D eigenvalue weighted by atomic mass is 16.6. The van der Waals surface area contributed by atoms with Gasteiger partial charge in [-0.15, -0.1) is 0 Å². The van der Waals surface area contributed by atoms with Gasteiger partial charge in [0.05, 0.1) is 22.9 Å². The molecule has 0 unspecified atom stereocenters. The number of fused-ring (bicyclic) bond motifs is 1. The Morgan fingerprint density at radius 1 is 1.06 bits per heavy atom. The molecule has 48 heavy (non-hydrogen) atoms. The molecule has 13 nitrogen and oxygen atoms in total. The average molecular weight is 657 g/mol. The second-order valence-electron chi connectivity index (χ2n) is 13.5. The summed E-state index contributed by atoms with van der Waals surface area (Å²) in [5.74, 6) is 1.13. The molecule has 1 aliphatic heterocycles. The van der Waals surface area contributed by atoms with Crippen LogP contribution in [0.3, 0.4) is 0 Å². The lowest BCUT2D eigenvalue weighted by Gasteiger charge is -2.31. The SMILES string of the molecule is CC(C)(C)CC(=O)CCCCCNC(=O)CN1CCC(n2nc(-c3ccc(Oc4ccccc4)c([N+](=O)[O-])c3)c3c(N)ncnc32)CC1. The van der Waals surface area contributed by atoms with E-state index >= 15 is 0 Å².